The molecule has 1 nitrogen and oxygen atoms in total. The summed E-state index contributed by atoms with van der Waals surface area (Å²) < 4.78 is 26.7. The van der Waals surface area contributed by atoms with Gasteiger partial charge in [-0.15, -0.1) is 0 Å². The zero-order valence-corrected chi connectivity index (χ0v) is 12.0. The van der Waals surface area contributed by atoms with Crippen LogP contribution in [-0.4, -0.2) is 6.04 Å². The molecule has 2 unspecified atom stereocenters. The van der Waals surface area contributed by atoms with Crippen molar-refractivity contribution >= 4 is 0 Å². The number of hydrogen-bond donors (Lipinski definition) is 1. The molecule has 3 heteroatoms. The fourth-order valence-corrected chi connectivity index (χ4v) is 2.48. The first-order valence-electron chi connectivity index (χ1n) is 7.26. The summed E-state index contributed by atoms with van der Waals surface area (Å²) in [7, 11) is 0. The Kier molecular flexibility index (Phi) is 7.00. The van der Waals surface area contributed by atoms with Gasteiger partial charge in [0.1, 0.15) is 0 Å². The van der Waals surface area contributed by atoms with Crippen molar-refractivity contribution in [3.8, 4) is 0 Å². The molecule has 0 spiro atoms. The molecule has 0 saturated heterocycles. The fourth-order valence-electron chi connectivity index (χ4n) is 2.48. The molecule has 0 aliphatic carbocycles. The largest absolute Gasteiger partial charge is 0.327 e. The molecule has 1 aromatic carbocycles. The Labute approximate surface area is 115 Å². The van der Waals surface area contributed by atoms with Gasteiger partial charge in [-0.25, -0.2) is 8.78 Å². The molecular formula is C16H25F2N. The van der Waals surface area contributed by atoms with Gasteiger partial charge in [-0.3, -0.25) is 0 Å². The SMILES string of the molecule is CCCCC(CC)CC(N)Cc1cccc(F)c1F. The first kappa shape index (κ1) is 16.1. The third kappa shape index (κ3) is 5.27. The molecule has 0 aliphatic heterocycles. The predicted molar refractivity (Wildman–Crippen MR) is 76.0 cm³/mol. The number of rotatable bonds is 8. The number of nitrogens with two attached hydrogens (primary N) is 1. The van der Waals surface area contributed by atoms with Crippen LogP contribution in [0, 0.1) is 17.6 Å². The van der Waals surface area contributed by atoms with E-state index in [4.69, 9.17) is 5.73 Å². The fraction of sp³-hybridized carbons (Fsp3) is 0.625. The van der Waals surface area contributed by atoms with Crippen molar-refractivity contribution in [3.63, 3.8) is 0 Å². The number of hydrogen-bond acceptors (Lipinski definition) is 1. The molecule has 1 aromatic rings. The second kappa shape index (κ2) is 8.26. The van der Waals surface area contributed by atoms with Crippen molar-refractivity contribution in [2.75, 3.05) is 0 Å². The minimum Gasteiger partial charge on any atom is -0.327 e. The van der Waals surface area contributed by atoms with Crippen molar-refractivity contribution < 1.29 is 8.78 Å². The third-order valence-electron chi connectivity index (χ3n) is 3.69. The summed E-state index contributed by atoms with van der Waals surface area (Å²) in [5, 5.41) is 0. The summed E-state index contributed by atoms with van der Waals surface area (Å²) in [4.78, 5) is 0. The molecule has 0 heterocycles. The van der Waals surface area contributed by atoms with Crippen LogP contribution in [0.5, 0.6) is 0 Å². The first-order chi connectivity index (χ1) is 9.08. The number of halogens is 2. The van der Waals surface area contributed by atoms with Gasteiger partial charge in [0, 0.05) is 6.04 Å². The van der Waals surface area contributed by atoms with E-state index in [2.05, 4.69) is 13.8 Å². The van der Waals surface area contributed by atoms with E-state index in [0.717, 1.165) is 18.9 Å². The molecule has 0 saturated carbocycles. The van der Waals surface area contributed by atoms with Gasteiger partial charge >= 0.3 is 0 Å². The molecule has 0 radical (unpaired) electrons. The van der Waals surface area contributed by atoms with Crippen molar-refractivity contribution in [1.29, 1.82) is 0 Å². The van der Waals surface area contributed by atoms with E-state index in [1.807, 2.05) is 0 Å². The maximum Gasteiger partial charge on any atom is 0.162 e. The van der Waals surface area contributed by atoms with Gasteiger partial charge in [0.2, 0.25) is 0 Å². The standard InChI is InChI=1S/C16H25F2N/c1-3-5-7-12(4-2)10-14(19)11-13-8-6-9-15(17)16(13)18/h6,8-9,12,14H,3-5,7,10-11,19H2,1-2H3. The molecule has 108 valence electrons. The van der Waals surface area contributed by atoms with Crippen LogP contribution in [0.3, 0.4) is 0 Å². The molecule has 0 amide bonds. The molecule has 19 heavy (non-hydrogen) atoms. The van der Waals surface area contributed by atoms with Crippen molar-refractivity contribution in [2.45, 2.75) is 58.4 Å². The second-order valence-corrected chi connectivity index (χ2v) is 5.33. The van der Waals surface area contributed by atoms with Crippen LogP contribution in [0.15, 0.2) is 18.2 Å². The highest BCUT2D eigenvalue weighted by Gasteiger charge is 2.15. The maximum atomic E-state index is 13.6. The van der Waals surface area contributed by atoms with Crippen LogP contribution >= 0.6 is 0 Å². The van der Waals surface area contributed by atoms with E-state index in [9.17, 15) is 8.78 Å². The topological polar surface area (TPSA) is 26.0 Å². The Hall–Kier alpha value is -0.960. The molecule has 0 aromatic heterocycles. The molecule has 0 fully saturated rings. The predicted octanol–water partition coefficient (Wildman–Crippen LogP) is 4.44. The lowest BCUT2D eigenvalue weighted by Gasteiger charge is -2.19. The number of unbranched alkanes of at least 4 members (excludes halogenated alkanes) is 1. The van der Waals surface area contributed by atoms with Crippen LogP contribution in [0.1, 0.15) is 51.5 Å². The quantitative estimate of drug-likeness (QED) is 0.741. The van der Waals surface area contributed by atoms with Crippen molar-refractivity contribution in [1.82, 2.24) is 0 Å². The average molecular weight is 269 g/mol. The highest BCUT2D eigenvalue weighted by atomic mass is 19.2. The Morgan fingerprint density at radius 1 is 1.21 bits per heavy atom. The highest BCUT2D eigenvalue weighted by Crippen LogP contribution is 2.20. The van der Waals surface area contributed by atoms with Gasteiger partial charge in [-0.2, -0.15) is 0 Å². The monoisotopic (exact) mass is 269 g/mol. The van der Waals surface area contributed by atoms with E-state index in [1.165, 1.54) is 25.3 Å². The molecule has 1 rings (SSSR count). The normalized spacial score (nSPS) is 14.4. The van der Waals surface area contributed by atoms with Crippen molar-refractivity contribution in [3.05, 3.63) is 35.4 Å². The van der Waals surface area contributed by atoms with Gasteiger partial charge in [-0.1, -0.05) is 51.7 Å². The van der Waals surface area contributed by atoms with E-state index < -0.39 is 11.6 Å². The summed E-state index contributed by atoms with van der Waals surface area (Å²) in [6, 6.07) is 4.19. The second-order valence-electron chi connectivity index (χ2n) is 5.33. The summed E-state index contributed by atoms with van der Waals surface area (Å²) in [6.07, 6.45) is 5.95. The van der Waals surface area contributed by atoms with Crippen LogP contribution in [0.2, 0.25) is 0 Å². The Morgan fingerprint density at radius 2 is 1.95 bits per heavy atom. The smallest absolute Gasteiger partial charge is 0.162 e. The summed E-state index contributed by atoms with van der Waals surface area (Å²) in [6.45, 7) is 4.34. The minimum absolute atomic E-state index is 0.0990. The van der Waals surface area contributed by atoms with E-state index in [-0.39, 0.29) is 6.04 Å². The van der Waals surface area contributed by atoms with Gasteiger partial charge in [0.25, 0.3) is 0 Å². The molecule has 2 atom stereocenters. The molecular weight excluding hydrogens is 244 g/mol. The first-order valence-corrected chi connectivity index (χ1v) is 7.26. The lowest BCUT2D eigenvalue weighted by molar-refractivity contribution is 0.380. The van der Waals surface area contributed by atoms with E-state index in [1.54, 1.807) is 6.07 Å². The van der Waals surface area contributed by atoms with Gasteiger partial charge in [0.05, 0.1) is 0 Å². The van der Waals surface area contributed by atoms with Crippen molar-refractivity contribution in [2.24, 2.45) is 11.7 Å². The zero-order chi connectivity index (χ0) is 14.3. The summed E-state index contributed by atoms with van der Waals surface area (Å²) in [5.74, 6) is -0.950. The summed E-state index contributed by atoms with van der Waals surface area (Å²) >= 11 is 0. The highest BCUT2D eigenvalue weighted by molar-refractivity contribution is 5.19. The summed E-state index contributed by atoms with van der Waals surface area (Å²) in [5.41, 5.74) is 6.47. The van der Waals surface area contributed by atoms with Crippen LogP contribution in [0.25, 0.3) is 0 Å². The minimum atomic E-state index is -0.789. The lowest BCUT2D eigenvalue weighted by Crippen LogP contribution is -2.26. The van der Waals surface area contributed by atoms with Crippen LogP contribution in [0.4, 0.5) is 8.78 Å². The van der Waals surface area contributed by atoms with E-state index in [0.29, 0.717) is 17.9 Å². The maximum absolute atomic E-state index is 13.6. The van der Waals surface area contributed by atoms with Gasteiger partial charge in [0.15, 0.2) is 11.6 Å². The number of benzene rings is 1. The lowest BCUT2D eigenvalue weighted by atomic mass is 9.90. The third-order valence-corrected chi connectivity index (χ3v) is 3.69. The van der Waals surface area contributed by atoms with Gasteiger partial charge in [-0.05, 0) is 30.4 Å². The zero-order valence-electron chi connectivity index (χ0n) is 12.0. The van der Waals surface area contributed by atoms with Crippen LogP contribution in [-0.2, 0) is 6.42 Å². The Balaban J connectivity index is 2.54. The Morgan fingerprint density at radius 3 is 2.58 bits per heavy atom. The molecule has 0 aliphatic rings. The van der Waals surface area contributed by atoms with Crippen LogP contribution < -0.4 is 5.73 Å². The van der Waals surface area contributed by atoms with Gasteiger partial charge < -0.3 is 5.73 Å². The Bertz CT molecular complexity index is 379. The molecule has 2 N–H and O–H groups in total. The molecule has 0 bridgehead atoms. The van der Waals surface area contributed by atoms with E-state index >= 15 is 0 Å². The average Bonchev–Trinajstić information content (AvgIpc) is 2.40.